The van der Waals surface area contributed by atoms with Crippen LogP contribution in [0.15, 0.2) is 59.7 Å². The number of pyridine rings is 1. The van der Waals surface area contributed by atoms with E-state index in [1.165, 1.54) is 0 Å². The van der Waals surface area contributed by atoms with Crippen LogP contribution in [0.5, 0.6) is 5.75 Å². The summed E-state index contributed by atoms with van der Waals surface area (Å²) in [4.78, 5) is 31.6. The van der Waals surface area contributed by atoms with Gasteiger partial charge in [-0.2, -0.15) is 0 Å². The number of ether oxygens (including phenoxy) is 1. The second-order valence-corrected chi connectivity index (χ2v) is 7.08. The van der Waals surface area contributed by atoms with Gasteiger partial charge in [0.05, 0.1) is 11.7 Å². The number of hydrogen-bond acceptors (Lipinski definition) is 6. The Hall–Kier alpha value is -4.34. The monoisotopic (exact) mass is 436 g/mol. The number of nitrogens with one attached hydrogen (secondary N) is 1. The summed E-state index contributed by atoms with van der Waals surface area (Å²) < 4.78 is 5.83. The summed E-state index contributed by atoms with van der Waals surface area (Å²) in [6.45, 7) is 0.0801. The molecule has 0 aliphatic carbocycles. The number of carboxylic acid groups (broad SMARTS) is 1. The zero-order valence-corrected chi connectivity index (χ0v) is 17.2. The van der Waals surface area contributed by atoms with Crippen LogP contribution in [-0.4, -0.2) is 40.6 Å². The summed E-state index contributed by atoms with van der Waals surface area (Å²) in [5, 5.41) is 13.5. The van der Waals surface area contributed by atoms with Crippen LogP contribution >= 0.6 is 0 Å². The number of nitrogen functional groups attached to an aromatic ring is 1. The molecule has 0 radical (unpaired) electrons. The number of rotatable bonds is 9. The lowest BCUT2D eigenvalue weighted by Crippen LogP contribution is -2.39. The van der Waals surface area contributed by atoms with Gasteiger partial charge in [-0.05, 0) is 54.3 Å². The van der Waals surface area contributed by atoms with Gasteiger partial charge in [0.15, 0.2) is 5.96 Å². The molecule has 10 heteroatoms. The van der Waals surface area contributed by atoms with E-state index in [0.29, 0.717) is 22.8 Å². The van der Waals surface area contributed by atoms with E-state index >= 15 is 0 Å². The van der Waals surface area contributed by atoms with Crippen LogP contribution in [0.4, 0.5) is 11.5 Å². The predicted octanol–water partition coefficient (Wildman–Crippen LogP) is 1.76. The zero-order valence-electron chi connectivity index (χ0n) is 17.2. The predicted molar refractivity (Wildman–Crippen MR) is 122 cm³/mol. The van der Waals surface area contributed by atoms with Gasteiger partial charge < -0.3 is 32.4 Å². The highest BCUT2D eigenvalue weighted by Gasteiger charge is 2.17. The number of hydrogen-bond donors (Lipinski definition) is 5. The van der Waals surface area contributed by atoms with E-state index in [9.17, 15) is 9.59 Å². The van der Waals surface area contributed by atoms with Crippen molar-refractivity contribution in [3.05, 3.63) is 60.3 Å². The number of carboxylic acids is 1. The molecule has 8 N–H and O–H groups in total. The minimum atomic E-state index is -0.963. The van der Waals surface area contributed by atoms with E-state index in [0.717, 1.165) is 10.8 Å². The minimum absolute atomic E-state index is 0.0801. The van der Waals surface area contributed by atoms with Gasteiger partial charge in [-0.3, -0.25) is 9.59 Å². The lowest BCUT2D eigenvalue weighted by molar-refractivity contribution is -0.137. The summed E-state index contributed by atoms with van der Waals surface area (Å²) in [6, 6.07) is 13.1. The lowest BCUT2D eigenvalue weighted by Gasteiger charge is -2.19. The normalized spacial score (nSPS) is 11.5. The Kier molecular flexibility index (Phi) is 7.06. The van der Waals surface area contributed by atoms with Crippen molar-refractivity contribution in [3.63, 3.8) is 0 Å². The summed E-state index contributed by atoms with van der Waals surface area (Å²) in [7, 11) is 0. The Morgan fingerprint density at radius 1 is 1.12 bits per heavy atom. The third-order valence-electron chi connectivity index (χ3n) is 4.65. The average Bonchev–Trinajstić information content (AvgIpc) is 2.76. The third-order valence-corrected chi connectivity index (χ3v) is 4.65. The minimum Gasteiger partial charge on any atom is -0.491 e. The fraction of sp³-hybridized carbons (Fsp3) is 0.182. The molecule has 2 aromatic carbocycles. The number of aromatic nitrogens is 1. The van der Waals surface area contributed by atoms with E-state index in [1.807, 2.05) is 12.1 Å². The molecule has 0 saturated carbocycles. The van der Waals surface area contributed by atoms with E-state index in [-0.39, 0.29) is 31.3 Å². The first-order chi connectivity index (χ1) is 15.3. The molecule has 0 fully saturated rings. The third kappa shape index (κ3) is 6.08. The van der Waals surface area contributed by atoms with Crippen molar-refractivity contribution in [1.82, 2.24) is 10.3 Å². The molecular formula is C22H24N6O4. The first-order valence-corrected chi connectivity index (χ1v) is 9.81. The molecular weight excluding hydrogens is 412 g/mol. The number of aliphatic carboxylic acids is 1. The maximum atomic E-state index is 12.6. The molecule has 1 atom stereocenters. The van der Waals surface area contributed by atoms with Gasteiger partial charge in [0.1, 0.15) is 18.2 Å². The van der Waals surface area contributed by atoms with Crippen LogP contribution in [0.25, 0.3) is 10.8 Å². The molecule has 10 nitrogen and oxygen atoms in total. The molecule has 1 amide bonds. The number of anilines is 1. The molecule has 0 aliphatic rings. The van der Waals surface area contributed by atoms with Crippen LogP contribution in [0.2, 0.25) is 0 Å². The molecule has 3 aromatic rings. The number of aliphatic imine (C=N–C) groups is 1. The molecule has 1 heterocycles. The quantitative estimate of drug-likeness (QED) is 0.249. The van der Waals surface area contributed by atoms with Gasteiger partial charge in [-0.15, -0.1) is 0 Å². The van der Waals surface area contributed by atoms with Crippen molar-refractivity contribution >= 4 is 40.1 Å². The molecule has 0 aliphatic heterocycles. The fourth-order valence-corrected chi connectivity index (χ4v) is 3.06. The van der Waals surface area contributed by atoms with Gasteiger partial charge >= 0.3 is 5.97 Å². The maximum Gasteiger partial charge on any atom is 0.303 e. The van der Waals surface area contributed by atoms with Gasteiger partial charge in [0, 0.05) is 23.6 Å². The number of nitrogens with zero attached hydrogens (tertiary/aromatic N) is 2. The second kappa shape index (κ2) is 10.1. The molecule has 166 valence electrons. The van der Waals surface area contributed by atoms with Crippen LogP contribution in [0.1, 0.15) is 23.2 Å². The Morgan fingerprint density at radius 3 is 2.56 bits per heavy atom. The zero-order chi connectivity index (χ0) is 23.1. The van der Waals surface area contributed by atoms with Crippen LogP contribution in [0, 0.1) is 0 Å². The number of carbonyl (C=O) groups is 2. The van der Waals surface area contributed by atoms with Crippen molar-refractivity contribution in [2.75, 3.05) is 12.3 Å². The number of amides is 1. The Morgan fingerprint density at radius 2 is 1.88 bits per heavy atom. The fourth-order valence-electron chi connectivity index (χ4n) is 3.06. The highest BCUT2D eigenvalue weighted by molar-refractivity contribution is 5.95. The van der Waals surface area contributed by atoms with Crippen molar-refractivity contribution in [2.24, 2.45) is 16.5 Å². The van der Waals surface area contributed by atoms with Crippen molar-refractivity contribution in [2.45, 2.75) is 18.9 Å². The van der Waals surface area contributed by atoms with Crippen molar-refractivity contribution in [3.8, 4) is 5.75 Å². The smallest absolute Gasteiger partial charge is 0.303 e. The topological polar surface area (TPSA) is 179 Å². The van der Waals surface area contributed by atoms with E-state index in [1.54, 1.807) is 42.6 Å². The molecule has 3 rings (SSSR count). The molecule has 0 bridgehead atoms. The van der Waals surface area contributed by atoms with E-state index < -0.39 is 12.0 Å². The highest BCUT2D eigenvalue weighted by Crippen LogP contribution is 2.24. The standard InChI is InChI=1S/C22H24N6O4/c23-20-18-11-17(7-3-13(18)9-10-26-20)32-12-16(6-8-19(29)30)27-21(31)14-1-4-15(5-2-14)28-22(24)25/h1-5,7,9-11,16H,6,8,12H2,(H2,23,26)(H,27,31)(H,29,30)(H4,24,25,28)/t16-/m1/s1. The Bertz CT molecular complexity index is 1140. The summed E-state index contributed by atoms with van der Waals surface area (Å²) in [6.07, 6.45) is 1.70. The lowest BCUT2D eigenvalue weighted by atomic mass is 10.1. The summed E-state index contributed by atoms with van der Waals surface area (Å²) in [5.74, 6) is -0.497. The molecule has 32 heavy (non-hydrogen) atoms. The Labute approximate surface area is 184 Å². The van der Waals surface area contributed by atoms with Crippen LogP contribution in [-0.2, 0) is 4.79 Å². The van der Waals surface area contributed by atoms with Gasteiger partial charge in [-0.1, -0.05) is 6.07 Å². The molecule has 0 unspecified atom stereocenters. The maximum absolute atomic E-state index is 12.6. The van der Waals surface area contributed by atoms with Gasteiger partial charge in [0.2, 0.25) is 0 Å². The first-order valence-electron chi connectivity index (χ1n) is 9.81. The largest absolute Gasteiger partial charge is 0.491 e. The van der Waals surface area contributed by atoms with E-state index in [4.69, 9.17) is 27.0 Å². The highest BCUT2D eigenvalue weighted by atomic mass is 16.5. The van der Waals surface area contributed by atoms with Crippen LogP contribution in [0.3, 0.4) is 0 Å². The van der Waals surface area contributed by atoms with Crippen molar-refractivity contribution < 1.29 is 19.4 Å². The van der Waals surface area contributed by atoms with E-state index in [2.05, 4.69) is 15.3 Å². The number of fused-ring (bicyclic) bond motifs is 1. The van der Waals surface area contributed by atoms with Crippen LogP contribution < -0.4 is 27.3 Å². The number of guanidine groups is 1. The second-order valence-electron chi connectivity index (χ2n) is 7.08. The Balaban J connectivity index is 1.69. The number of nitrogens with two attached hydrogens (primary N) is 3. The molecule has 0 saturated heterocycles. The molecule has 1 aromatic heterocycles. The summed E-state index contributed by atoms with van der Waals surface area (Å²) in [5.41, 5.74) is 17.5. The molecule has 0 spiro atoms. The number of carbonyl (C=O) groups excluding carboxylic acids is 1. The first kappa shape index (κ1) is 22.3. The summed E-state index contributed by atoms with van der Waals surface area (Å²) >= 11 is 0. The van der Waals surface area contributed by atoms with Gasteiger partial charge in [0.25, 0.3) is 5.91 Å². The van der Waals surface area contributed by atoms with Crippen molar-refractivity contribution in [1.29, 1.82) is 0 Å². The average molecular weight is 436 g/mol. The SMILES string of the molecule is NC(N)=Nc1ccc(C(=O)N[C@H](CCC(=O)O)COc2ccc3ccnc(N)c3c2)cc1. The van der Waals surface area contributed by atoms with Gasteiger partial charge in [-0.25, -0.2) is 9.98 Å². The number of benzene rings is 2.